The van der Waals surface area contributed by atoms with Crippen LogP contribution in [0.4, 0.5) is 0 Å². The third-order valence-corrected chi connectivity index (χ3v) is 4.66. The van der Waals surface area contributed by atoms with Gasteiger partial charge in [0.25, 0.3) is 0 Å². The first-order valence-electron chi connectivity index (χ1n) is 7.28. The number of ether oxygens (including phenoxy) is 2. The van der Waals surface area contributed by atoms with E-state index in [9.17, 15) is 0 Å². The van der Waals surface area contributed by atoms with Gasteiger partial charge in [-0.3, -0.25) is 4.99 Å². The Kier molecular flexibility index (Phi) is 5.79. The second-order valence-corrected chi connectivity index (χ2v) is 6.44. The van der Waals surface area contributed by atoms with Crippen LogP contribution < -0.4 is 14.8 Å². The molecule has 1 aromatic carbocycles. The lowest BCUT2D eigenvalue weighted by Gasteiger charge is -2.13. The molecule has 1 N–H and O–H groups in total. The Labute approximate surface area is 131 Å². The lowest BCUT2D eigenvalue weighted by Crippen LogP contribution is -2.31. The van der Waals surface area contributed by atoms with E-state index in [1.54, 1.807) is 14.2 Å². The molecule has 1 heterocycles. The fraction of sp³-hybridized carbons (Fsp3) is 0.562. The number of thioether (sulfide) groups is 1. The van der Waals surface area contributed by atoms with Crippen molar-refractivity contribution in [3.8, 4) is 11.5 Å². The number of rotatable bonds is 6. The highest BCUT2D eigenvalue weighted by molar-refractivity contribution is 8.14. The molecular formula is C16H24N2O2S. The molecule has 4 nitrogen and oxygen atoms in total. The van der Waals surface area contributed by atoms with Crippen molar-refractivity contribution in [3.05, 3.63) is 23.8 Å². The van der Waals surface area contributed by atoms with Crippen LogP contribution in [-0.2, 0) is 6.42 Å². The Morgan fingerprint density at radius 1 is 1.29 bits per heavy atom. The van der Waals surface area contributed by atoms with Crippen LogP contribution in [-0.4, -0.2) is 37.7 Å². The summed E-state index contributed by atoms with van der Waals surface area (Å²) in [7, 11) is 3.31. The molecule has 0 spiro atoms. The molecule has 0 aromatic heterocycles. The molecule has 1 aliphatic heterocycles. The zero-order chi connectivity index (χ0) is 15.2. The molecule has 0 amide bonds. The predicted octanol–water partition coefficient (Wildman–Crippen LogP) is 2.96. The average Bonchev–Trinajstić information content (AvgIpc) is 2.96. The third kappa shape index (κ3) is 4.30. The van der Waals surface area contributed by atoms with Gasteiger partial charge in [-0.15, -0.1) is 0 Å². The summed E-state index contributed by atoms with van der Waals surface area (Å²) < 4.78 is 10.6. The summed E-state index contributed by atoms with van der Waals surface area (Å²) in [6, 6.07) is 6.58. The van der Waals surface area contributed by atoms with E-state index in [1.165, 1.54) is 5.56 Å². The van der Waals surface area contributed by atoms with Crippen molar-refractivity contribution in [2.45, 2.75) is 26.3 Å². The van der Waals surface area contributed by atoms with Crippen molar-refractivity contribution in [2.75, 3.05) is 26.5 Å². The Hall–Kier alpha value is -1.36. The van der Waals surface area contributed by atoms with E-state index in [0.717, 1.165) is 35.4 Å². The minimum atomic E-state index is 0.551. The van der Waals surface area contributed by atoms with Crippen molar-refractivity contribution >= 4 is 16.9 Å². The van der Waals surface area contributed by atoms with E-state index in [0.29, 0.717) is 12.0 Å². The smallest absolute Gasteiger partial charge is 0.160 e. The zero-order valence-electron chi connectivity index (χ0n) is 13.2. The highest BCUT2D eigenvalue weighted by Crippen LogP contribution is 2.27. The van der Waals surface area contributed by atoms with E-state index < -0.39 is 0 Å². The molecule has 1 fully saturated rings. The first-order chi connectivity index (χ1) is 10.1. The number of hydrogen-bond acceptors (Lipinski definition) is 4. The van der Waals surface area contributed by atoms with Gasteiger partial charge in [0.2, 0.25) is 0 Å². The molecule has 0 aliphatic carbocycles. The molecule has 2 rings (SSSR count). The SMILES string of the molecule is COc1ccc(CCN=C2N[C@@H](C(C)C)CS2)cc1OC. The van der Waals surface area contributed by atoms with Gasteiger partial charge in [-0.2, -0.15) is 0 Å². The number of aliphatic imine (C=N–C) groups is 1. The van der Waals surface area contributed by atoms with E-state index in [4.69, 9.17) is 9.47 Å². The summed E-state index contributed by atoms with van der Waals surface area (Å²) >= 11 is 1.82. The summed E-state index contributed by atoms with van der Waals surface area (Å²) in [4.78, 5) is 4.65. The molecule has 0 bridgehead atoms. The van der Waals surface area contributed by atoms with E-state index in [-0.39, 0.29) is 0 Å². The van der Waals surface area contributed by atoms with Crippen LogP contribution in [0.5, 0.6) is 11.5 Å². The number of hydrogen-bond donors (Lipinski definition) is 1. The summed E-state index contributed by atoms with van der Waals surface area (Å²) in [5.41, 5.74) is 1.21. The lowest BCUT2D eigenvalue weighted by molar-refractivity contribution is 0.354. The topological polar surface area (TPSA) is 42.8 Å². The van der Waals surface area contributed by atoms with Crippen LogP contribution in [0.1, 0.15) is 19.4 Å². The fourth-order valence-electron chi connectivity index (χ4n) is 2.18. The zero-order valence-corrected chi connectivity index (χ0v) is 14.0. The molecule has 1 aromatic rings. The van der Waals surface area contributed by atoms with Crippen molar-refractivity contribution < 1.29 is 9.47 Å². The minimum absolute atomic E-state index is 0.551. The molecule has 5 heteroatoms. The van der Waals surface area contributed by atoms with Crippen LogP contribution >= 0.6 is 11.8 Å². The van der Waals surface area contributed by atoms with Gasteiger partial charge in [-0.05, 0) is 30.0 Å². The van der Waals surface area contributed by atoms with Crippen LogP contribution in [0.3, 0.4) is 0 Å². The number of amidine groups is 1. The highest BCUT2D eigenvalue weighted by atomic mass is 32.2. The second-order valence-electron chi connectivity index (χ2n) is 5.43. The second kappa shape index (κ2) is 7.59. The largest absolute Gasteiger partial charge is 0.493 e. The highest BCUT2D eigenvalue weighted by Gasteiger charge is 2.22. The van der Waals surface area contributed by atoms with Gasteiger partial charge in [0.1, 0.15) is 0 Å². The van der Waals surface area contributed by atoms with Crippen molar-refractivity contribution in [3.63, 3.8) is 0 Å². The first kappa shape index (κ1) is 16.0. The molecule has 116 valence electrons. The summed E-state index contributed by atoms with van der Waals surface area (Å²) in [5, 5.41) is 4.56. The molecular weight excluding hydrogens is 284 g/mol. The number of nitrogens with zero attached hydrogens (tertiary/aromatic N) is 1. The average molecular weight is 308 g/mol. The Balaban J connectivity index is 1.89. The van der Waals surface area contributed by atoms with Crippen molar-refractivity contribution in [2.24, 2.45) is 10.9 Å². The van der Waals surface area contributed by atoms with Gasteiger partial charge in [-0.1, -0.05) is 31.7 Å². The molecule has 21 heavy (non-hydrogen) atoms. The molecule has 1 saturated heterocycles. The fourth-order valence-corrected chi connectivity index (χ4v) is 3.41. The normalized spacial score (nSPS) is 19.9. The van der Waals surface area contributed by atoms with Crippen LogP contribution in [0.15, 0.2) is 23.2 Å². The van der Waals surface area contributed by atoms with Gasteiger partial charge in [0, 0.05) is 18.3 Å². The van der Waals surface area contributed by atoms with Crippen LogP contribution in [0.2, 0.25) is 0 Å². The summed E-state index contributed by atoms with van der Waals surface area (Å²) in [5.74, 6) is 3.31. The number of benzene rings is 1. The molecule has 0 unspecified atom stereocenters. The van der Waals surface area contributed by atoms with Gasteiger partial charge >= 0.3 is 0 Å². The molecule has 1 aliphatic rings. The van der Waals surface area contributed by atoms with E-state index in [1.807, 2.05) is 23.9 Å². The quantitative estimate of drug-likeness (QED) is 0.877. The predicted molar refractivity (Wildman–Crippen MR) is 89.8 cm³/mol. The first-order valence-corrected chi connectivity index (χ1v) is 8.27. The Bertz CT molecular complexity index is 503. The molecule has 1 atom stereocenters. The maximum atomic E-state index is 5.32. The Morgan fingerprint density at radius 2 is 2.05 bits per heavy atom. The lowest BCUT2D eigenvalue weighted by atomic mass is 10.1. The maximum Gasteiger partial charge on any atom is 0.160 e. The van der Waals surface area contributed by atoms with Crippen molar-refractivity contribution in [1.29, 1.82) is 0 Å². The van der Waals surface area contributed by atoms with Crippen LogP contribution in [0, 0.1) is 5.92 Å². The van der Waals surface area contributed by atoms with Crippen LogP contribution in [0.25, 0.3) is 0 Å². The standard InChI is InChI=1S/C16H24N2O2S/c1-11(2)13-10-21-16(18-13)17-8-7-12-5-6-14(19-3)15(9-12)20-4/h5-6,9,11,13H,7-8,10H2,1-4H3,(H,17,18)/t13-/m1/s1. The summed E-state index contributed by atoms with van der Waals surface area (Å²) in [6.45, 7) is 5.27. The maximum absolute atomic E-state index is 5.32. The number of nitrogens with one attached hydrogen (secondary N) is 1. The van der Waals surface area contributed by atoms with E-state index in [2.05, 4.69) is 30.2 Å². The van der Waals surface area contributed by atoms with Gasteiger partial charge < -0.3 is 14.8 Å². The minimum Gasteiger partial charge on any atom is -0.493 e. The van der Waals surface area contributed by atoms with Crippen molar-refractivity contribution in [1.82, 2.24) is 5.32 Å². The third-order valence-electron chi connectivity index (χ3n) is 3.62. The molecule has 0 saturated carbocycles. The monoisotopic (exact) mass is 308 g/mol. The number of methoxy groups -OCH3 is 2. The van der Waals surface area contributed by atoms with E-state index >= 15 is 0 Å². The summed E-state index contributed by atoms with van der Waals surface area (Å²) in [6.07, 6.45) is 0.901. The van der Waals surface area contributed by atoms with Gasteiger partial charge in [0.05, 0.1) is 14.2 Å². The van der Waals surface area contributed by atoms with Gasteiger partial charge in [0.15, 0.2) is 16.7 Å². The molecule has 0 radical (unpaired) electrons. The van der Waals surface area contributed by atoms with Gasteiger partial charge in [-0.25, -0.2) is 0 Å². The Morgan fingerprint density at radius 3 is 2.67 bits per heavy atom.